The zero-order valence-corrected chi connectivity index (χ0v) is 9.11. The van der Waals surface area contributed by atoms with E-state index in [9.17, 15) is 4.79 Å². The lowest BCUT2D eigenvalue weighted by Crippen LogP contribution is -2.31. The Morgan fingerprint density at radius 2 is 2.33 bits per heavy atom. The van der Waals surface area contributed by atoms with Crippen LogP contribution < -0.4 is 5.32 Å². The molecule has 0 fully saturated rings. The van der Waals surface area contributed by atoms with Crippen molar-refractivity contribution in [3.8, 4) is 0 Å². The Bertz CT molecular complexity index is 303. The molecule has 0 unspecified atom stereocenters. The SMILES string of the molecule is CC(C)(C)OCC(=O)NCc1ncon1. The van der Waals surface area contributed by atoms with Gasteiger partial charge in [0.1, 0.15) is 6.61 Å². The predicted molar refractivity (Wildman–Crippen MR) is 51.8 cm³/mol. The van der Waals surface area contributed by atoms with Crippen molar-refractivity contribution in [3.05, 3.63) is 12.2 Å². The quantitative estimate of drug-likeness (QED) is 0.788. The Balaban J connectivity index is 2.20. The molecule has 0 aliphatic carbocycles. The van der Waals surface area contributed by atoms with Crippen LogP contribution in [0.5, 0.6) is 0 Å². The molecule has 1 N–H and O–H groups in total. The molecule has 1 rings (SSSR count). The van der Waals surface area contributed by atoms with E-state index in [-0.39, 0.29) is 24.7 Å². The van der Waals surface area contributed by atoms with Crippen LogP contribution in [0.25, 0.3) is 0 Å². The van der Waals surface area contributed by atoms with Crippen molar-refractivity contribution in [2.75, 3.05) is 6.61 Å². The Morgan fingerprint density at radius 3 is 2.87 bits per heavy atom. The summed E-state index contributed by atoms with van der Waals surface area (Å²) >= 11 is 0. The summed E-state index contributed by atoms with van der Waals surface area (Å²) in [4.78, 5) is 15.0. The number of nitrogens with one attached hydrogen (secondary N) is 1. The second-order valence-corrected chi connectivity index (χ2v) is 4.03. The lowest BCUT2D eigenvalue weighted by atomic mass is 10.2. The highest BCUT2D eigenvalue weighted by Gasteiger charge is 2.12. The van der Waals surface area contributed by atoms with Crippen molar-refractivity contribution >= 4 is 5.91 Å². The largest absolute Gasteiger partial charge is 0.366 e. The third-order valence-corrected chi connectivity index (χ3v) is 1.49. The van der Waals surface area contributed by atoms with E-state index in [4.69, 9.17) is 4.74 Å². The number of carbonyl (C=O) groups excluding carboxylic acids is 1. The van der Waals surface area contributed by atoms with Crippen molar-refractivity contribution in [2.24, 2.45) is 0 Å². The Hall–Kier alpha value is -1.43. The minimum Gasteiger partial charge on any atom is -0.366 e. The number of ether oxygens (including phenoxy) is 1. The summed E-state index contributed by atoms with van der Waals surface area (Å²) in [5, 5.41) is 6.16. The third-order valence-electron chi connectivity index (χ3n) is 1.49. The maximum absolute atomic E-state index is 11.3. The second kappa shape index (κ2) is 4.88. The first kappa shape index (κ1) is 11.6. The minimum atomic E-state index is -0.316. The molecule has 0 atom stereocenters. The van der Waals surface area contributed by atoms with Crippen molar-refractivity contribution in [3.63, 3.8) is 0 Å². The standard InChI is InChI=1S/C9H15N3O3/c1-9(2,3)14-5-8(13)10-4-7-11-6-15-12-7/h6H,4-5H2,1-3H3,(H,10,13). The summed E-state index contributed by atoms with van der Waals surface area (Å²) in [5.41, 5.74) is -0.316. The van der Waals surface area contributed by atoms with Crippen molar-refractivity contribution in [2.45, 2.75) is 32.9 Å². The van der Waals surface area contributed by atoms with Gasteiger partial charge in [0, 0.05) is 0 Å². The first-order chi connectivity index (χ1) is 6.97. The maximum Gasteiger partial charge on any atom is 0.246 e. The minimum absolute atomic E-state index is 0.0291. The molecule has 0 aliphatic rings. The Kier molecular flexibility index (Phi) is 3.79. The van der Waals surface area contributed by atoms with Crippen molar-refractivity contribution < 1.29 is 14.1 Å². The third kappa shape index (κ3) is 5.11. The van der Waals surface area contributed by atoms with E-state index < -0.39 is 0 Å². The van der Waals surface area contributed by atoms with E-state index in [1.54, 1.807) is 0 Å². The summed E-state index contributed by atoms with van der Waals surface area (Å²) in [6.07, 6.45) is 1.22. The van der Waals surface area contributed by atoms with E-state index in [1.807, 2.05) is 20.8 Å². The summed E-state index contributed by atoms with van der Waals surface area (Å²) in [7, 11) is 0. The summed E-state index contributed by atoms with van der Waals surface area (Å²) < 4.78 is 9.80. The van der Waals surface area contributed by atoms with Gasteiger partial charge in [0.05, 0.1) is 12.1 Å². The van der Waals surface area contributed by atoms with Crippen molar-refractivity contribution in [1.29, 1.82) is 0 Å². The topological polar surface area (TPSA) is 77.2 Å². The predicted octanol–water partition coefficient (Wildman–Crippen LogP) is 0.501. The molecule has 0 saturated heterocycles. The van der Waals surface area contributed by atoms with Gasteiger partial charge in [0.2, 0.25) is 12.3 Å². The molecule has 0 saturated carbocycles. The average Bonchev–Trinajstić information content (AvgIpc) is 2.62. The zero-order chi connectivity index (χ0) is 11.3. The van der Waals surface area contributed by atoms with Gasteiger partial charge in [0.25, 0.3) is 0 Å². The lowest BCUT2D eigenvalue weighted by molar-refractivity contribution is -0.130. The molecule has 1 heterocycles. The molecular formula is C9H15N3O3. The van der Waals surface area contributed by atoms with Crippen LogP contribution >= 0.6 is 0 Å². The van der Waals surface area contributed by atoms with Crippen LogP contribution in [0, 0.1) is 0 Å². The van der Waals surface area contributed by atoms with Gasteiger partial charge in [-0.3, -0.25) is 4.79 Å². The van der Waals surface area contributed by atoms with Crippen LogP contribution in [0.3, 0.4) is 0 Å². The summed E-state index contributed by atoms with van der Waals surface area (Å²) in [5.74, 6) is 0.244. The molecular weight excluding hydrogens is 198 g/mol. The number of aromatic nitrogens is 2. The van der Waals surface area contributed by atoms with Crippen LogP contribution in [0.1, 0.15) is 26.6 Å². The van der Waals surface area contributed by atoms with E-state index in [0.717, 1.165) is 0 Å². The normalized spacial score (nSPS) is 11.4. The van der Waals surface area contributed by atoms with Gasteiger partial charge < -0.3 is 14.6 Å². The molecule has 0 spiro atoms. The van der Waals surface area contributed by atoms with Gasteiger partial charge in [0.15, 0.2) is 5.82 Å². The molecule has 0 aromatic carbocycles. The molecule has 6 nitrogen and oxygen atoms in total. The maximum atomic E-state index is 11.3. The molecule has 84 valence electrons. The number of hydrogen-bond acceptors (Lipinski definition) is 5. The molecule has 0 aliphatic heterocycles. The number of amides is 1. The van der Waals surface area contributed by atoms with Crippen LogP contribution in [0.15, 0.2) is 10.9 Å². The molecule has 6 heteroatoms. The lowest BCUT2D eigenvalue weighted by Gasteiger charge is -2.18. The molecule has 1 amide bonds. The van der Waals surface area contributed by atoms with Gasteiger partial charge in [-0.05, 0) is 20.8 Å². The van der Waals surface area contributed by atoms with Crippen LogP contribution in [0.2, 0.25) is 0 Å². The van der Waals surface area contributed by atoms with Crippen molar-refractivity contribution in [1.82, 2.24) is 15.5 Å². The second-order valence-electron chi connectivity index (χ2n) is 4.03. The van der Waals surface area contributed by atoms with E-state index in [2.05, 4.69) is 20.0 Å². The fraction of sp³-hybridized carbons (Fsp3) is 0.667. The van der Waals surface area contributed by atoms with Crippen LogP contribution in [0.4, 0.5) is 0 Å². The average molecular weight is 213 g/mol. The Labute approximate surface area is 88.0 Å². The van der Waals surface area contributed by atoms with Gasteiger partial charge in [-0.25, -0.2) is 0 Å². The van der Waals surface area contributed by atoms with Gasteiger partial charge >= 0.3 is 0 Å². The van der Waals surface area contributed by atoms with Gasteiger partial charge in [-0.15, -0.1) is 0 Å². The number of rotatable bonds is 4. The number of carbonyl (C=O) groups is 1. The fourth-order valence-corrected chi connectivity index (χ4v) is 0.781. The van der Waals surface area contributed by atoms with Gasteiger partial charge in [-0.2, -0.15) is 4.98 Å². The van der Waals surface area contributed by atoms with Gasteiger partial charge in [-0.1, -0.05) is 5.16 Å². The van der Waals surface area contributed by atoms with E-state index in [0.29, 0.717) is 5.82 Å². The highest BCUT2D eigenvalue weighted by molar-refractivity contribution is 5.77. The summed E-state index contributed by atoms with van der Waals surface area (Å²) in [6.45, 7) is 5.95. The summed E-state index contributed by atoms with van der Waals surface area (Å²) in [6, 6.07) is 0. The molecule has 15 heavy (non-hydrogen) atoms. The first-order valence-electron chi connectivity index (χ1n) is 4.63. The van der Waals surface area contributed by atoms with E-state index >= 15 is 0 Å². The fourth-order valence-electron chi connectivity index (χ4n) is 0.781. The number of hydrogen-bond donors (Lipinski definition) is 1. The van der Waals surface area contributed by atoms with Crippen LogP contribution in [-0.4, -0.2) is 28.3 Å². The molecule has 1 aromatic rings. The highest BCUT2D eigenvalue weighted by Crippen LogP contribution is 2.05. The molecule has 0 bridgehead atoms. The monoisotopic (exact) mass is 213 g/mol. The van der Waals surface area contributed by atoms with Crippen LogP contribution in [-0.2, 0) is 16.1 Å². The van der Waals surface area contributed by atoms with E-state index in [1.165, 1.54) is 6.39 Å². The molecule has 1 aromatic heterocycles. The smallest absolute Gasteiger partial charge is 0.246 e. The highest BCUT2D eigenvalue weighted by atomic mass is 16.5. The molecule has 0 radical (unpaired) electrons. The first-order valence-corrected chi connectivity index (χ1v) is 4.63. The Morgan fingerprint density at radius 1 is 1.60 bits per heavy atom. The zero-order valence-electron chi connectivity index (χ0n) is 9.11. The number of nitrogens with zero attached hydrogens (tertiary/aromatic N) is 2.